The van der Waals surface area contributed by atoms with E-state index >= 15 is 0 Å². The fraction of sp³-hybridized carbons (Fsp3) is 0.643. The van der Waals surface area contributed by atoms with Crippen molar-refractivity contribution in [2.45, 2.75) is 39.9 Å². The minimum absolute atomic E-state index is 0.344. The Morgan fingerprint density at radius 1 is 1.25 bits per heavy atom. The number of rotatable bonds is 7. The number of nitrogens with one attached hydrogen (secondary N) is 1. The lowest BCUT2D eigenvalue weighted by atomic mass is 10.2. The number of hydrogen-bond donors (Lipinski definition) is 1. The summed E-state index contributed by atoms with van der Waals surface area (Å²) in [4.78, 5) is 5.54. The van der Waals surface area contributed by atoms with Crippen LogP contribution >= 0.6 is 0 Å². The van der Waals surface area contributed by atoms with Gasteiger partial charge in [-0.3, -0.25) is 0 Å². The summed E-state index contributed by atoms with van der Waals surface area (Å²) < 4.78 is 37.9. The Morgan fingerprint density at radius 3 is 2.50 bits per heavy atom. The average molecular weight is 289 g/mol. The minimum atomic E-state index is -4.22. The van der Waals surface area contributed by atoms with Crippen molar-refractivity contribution in [1.29, 1.82) is 0 Å². The maximum atomic E-state index is 12.6. The van der Waals surface area contributed by atoms with Crippen LogP contribution in [0.3, 0.4) is 0 Å². The van der Waals surface area contributed by atoms with Crippen LogP contribution in [0, 0.1) is 6.92 Å². The third kappa shape index (κ3) is 5.77. The molecule has 0 aliphatic rings. The second kappa shape index (κ2) is 7.47. The largest absolute Gasteiger partial charge is 0.405 e. The minimum Gasteiger partial charge on any atom is -0.348 e. The zero-order valence-corrected chi connectivity index (χ0v) is 12.2. The van der Waals surface area contributed by atoms with Crippen LogP contribution in [0.4, 0.5) is 19.0 Å². The first-order valence-corrected chi connectivity index (χ1v) is 6.85. The van der Waals surface area contributed by atoms with Crippen molar-refractivity contribution in [1.82, 2.24) is 10.3 Å². The highest BCUT2D eigenvalue weighted by molar-refractivity contribution is 5.43. The van der Waals surface area contributed by atoms with E-state index in [1.165, 1.54) is 4.90 Å². The van der Waals surface area contributed by atoms with E-state index in [1.54, 1.807) is 13.0 Å². The molecule has 1 aromatic rings. The molecule has 0 atom stereocenters. The topological polar surface area (TPSA) is 28.2 Å². The van der Waals surface area contributed by atoms with Gasteiger partial charge in [0.25, 0.3) is 0 Å². The third-order valence-corrected chi connectivity index (χ3v) is 2.77. The molecule has 1 heterocycles. The first-order valence-electron chi connectivity index (χ1n) is 6.85. The Bertz CT molecular complexity index is 419. The number of halogens is 3. The number of anilines is 1. The molecule has 0 radical (unpaired) electrons. The highest BCUT2D eigenvalue weighted by Crippen LogP contribution is 2.22. The van der Waals surface area contributed by atoms with Crippen molar-refractivity contribution in [2.24, 2.45) is 0 Å². The van der Waals surface area contributed by atoms with Crippen LogP contribution in [0.5, 0.6) is 0 Å². The van der Waals surface area contributed by atoms with E-state index in [0.29, 0.717) is 25.3 Å². The van der Waals surface area contributed by atoms with E-state index in [9.17, 15) is 13.2 Å². The lowest BCUT2D eigenvalue weighted by molar-refractivity contribution is -0.119. The van der Waals surface area contributed by atoms with Crippen molar-refractivity contribution in [3.8, 4) is 0 Å². The number of nitrogens with zero attached hydrogens (tertiary/aromatic N) is 2. The molecule has 0 aliphatic carbocycles. The quantitative estimate of drug-likeness (QED) is 0.835. The summed E-state index contributed by atoms with van der Waals surface area (Å²) in [5, 5.41) is 3.17. The fourth-order valence-corrected chi connectivity index (χ4v) is 2.02. The van der Waals surface area contributed by atoms with Crippen molar-refractivity contribution in [2.75, 3.05) is 24.5 Å². The van der Waals surface area contributed by atoms with Gasteiger partial charge in [0.1, 0.15) is 12.4 Å². The molecule has 0 amide bonds. The maximum Gasteiger partial charge on any atom is 0.405 e. The average Bonchev–Trinajstić information content (AvgIpc) is 2.33. The second-order valence-electron chi connectivity index (χ2n) is 4.79. The van der Waals surface area contributed by atoms with Gasteiger partial charge in [-0.25, -0.2) is 4.98 Å². The van der Waals surface area contributed by atoms with Crippen molar-refractivity contribution in [3.63, 3.8) is 0 Å². The highest BCUT2D eigenvalue weighted by Gasteiger charge is 2.31. The Balaban J connectivity index is 2.96. The van der Waals surface area contributed by atoms with E-state index in [4.69, 9.17) is 0 Å². The summed E-state index contributed by atoms with van der Waals surface area (Å²) in [6.45, 7) is 6.49. The zero-order chi connectivity index (χ0) is 15.2. The monoisotopic (exact) mass is 289 g/mol. The molecular formula is C14H22F3N3. The molecule has 0 fully saturated rings. The first kappa shape index (κ1) is 16.8. The Hall–Kier alpha value is -1.30. The molecule has 1 N–H and O–H groups in total. The van der Waals surface area contributed by atoms with Gasteiger partial charge >= 0.3 is 6.18 Å². The molecule has 0 bridgehead atoms. The second-order valence-corrected chi connectivity index (χ2v) is 4.79. The summed E-state index contributed by atoms with van der Waals surface area (Å²) in [5.74, 6) is 0.400. The first-order chi connectivity index (χ1) is 9.35. The van der Waals surface area contributed by atoms with Gasteiger partial charge in [0.2, 0.25) is 0 Å². The fourth-order valence-electron chi connectivity index (χ4n) is 2.02. The molecule has 0 spiro atoms. The summed E-state index contributed by atoms with van der Waals surface area (Å²) in [6, 6.07) is 3.63. The van der Waals surface area contributed by atoms with Crippen molar-refractivity contribution < 1.29 is 13.2 Å². The highest BCUT2D eigenvalue weighted by atomic mass is 19.4. The van der Waals surface area contributed by atoms with Crippen LogP contribution in [0.15, 0.2) is 12.1 Å². The Kier molecular flexibility index (Phi) is 6.26. The van der Waals surface area contributed by atoms with Gasteiger partial charge in [0, 0.05) is 18.8 Å². The van der Waals surface area contributed by atoms with Crippen LogP contribution in [0.1, 0.15) is 31.5 Å². The molecule has 0 saturated carbocycles. The van der Waals surface area contributed by atoms with Gasteiger partial charge in [0.05, 0.1) is 0 Å². The van der Waals surface area contributed by atoms with Crippen LogP contribution in [-0.2, 0) is 6.54 Å². The summed E-state index contributed by atoms with van der Waals surface area (Å²) in [7, 11) is 0. The van der Waals surface area contributed by atoms with Gasteiger partial charge in [-0.15, -0.1) is 0 Å². The van der Waals surface area contributed by atoms with Gasteiger partial charge in [0.15, 0.2) is 0 Å². The third-order valence-electron chi connectivity index (χ3n) is 2.77. The van der Waals surface area contributed by atoms with Crippen LogP contribution < -0.4 is 10.2 Å². The molecule has 0 aromatic carbocycles. The summed E-state index contributed by atoms with van der Waals surface area (Å²) in [5.41, 5.74) is 1.69. The zero-order valence-electron chi connectivity index (χ0n) is 12.2. The lowest BCUT2D eigenvalue weighted by Gasteiger charge is -2.25. The lowest BCUT2D eigenvalue weighted by Crippen LogP contribution is -2.35. The number of aryl methyl sites for hydroxylation is 1. The number of aromatic nitrogens is 1. The molecule has 0 aliphatic heterocycles. The van der Waals surface area contributed by atoms with Crippen molar-refractivity contribution in [3.05, 3.63) is 23.4 Å². The van der Waals surface area contributed by atoms with Crippen LogP contribution in [0.25, 0.3) is 0 Å². The van der Waals surface area contributed by atoms with Gasteiger partial charge in [-0.05, 0) is 37.6 Å². The molecular weight excluding hydrogens is 267 g/mol. The van der Waals surface area contributed by atoms with Crippen LogP contribution in [-0.4, -0.2) is 30.8 Å². The molecule has 1 rings (SSSR count). The summed E-state index contributed by atoms with van der Waals surface area (Å²) in [6.07, 6.45) is -3.57. The molecule has 1 aromatic heterocycles. The summed E-state index contributed by atoms with van der Waals surface area (Å²) >= 11 is 0. The van der Waals surface area contributed by atoms with Gasteiger partial charge in [-0.2, -0.15) is 13.2 Å². The molecule has 6 heteroatoms. The van der Waals surface area contributed by atoms with E-state index in [1.807, 2.05) is 19.9 Å². The number of pyridine rings is 1. The number of hydrogen-bond acceptors (Lipinski definition) is 3. The normalized spacial score (nSPS) is 11.7. The van der Waals surface area contributed by atoms with Gasteiger partial charge < -0.3 is 10.2 Å². The Labute approximate surface area is 118 Å². The predicted octanol–water partition coefficient (Wildman–Crippen LogP) is 3.28. The van der Waals surface area contributed by atoms with E-state index in [-0.39, 0.29) is 0 Å². The SMILES string of the molecule is CCCN(CC(F)(F)F)c1cc(CNCC)cc(C)n1. The van der Waals surface area contributed by atoms with E-state index in [0.717, 1.165) is 17.8 Å². The Morgan fingerprint density at radius 2 is 1.95 bits per heavy atom. The molecule has 20 heavy (non-hydrogen) atoms. The number of alkyl halides is 3. The van der Waals surface area contributed by atoms with Crippen LogP contribution in [0.2, 0.25) is 0 Å². The molecule has 0 unspecified atom stereocenters. The predicted molar refractivity (Wildman–Crippen MR) is 74.9 cm³/mol. The standard InChI is InChI=1S/C14H22F3N3/c1-4-6-20(10-14(15,16)17)13-8-12(9-18-5-2)7-11(3)19-13/h7-8,18H,4-6,9-10H2,1-3H3. The molecule has 3 nitrogen and oxygen atoms in total. The van der Waals surface area contributed by atoms with Gasteiger partial charge in [-0.1, -0.05) is 13.8 Å². The maximum absolute atomic E-state index is 12.6. The molecule has 0 saturated heterocycles. The molecule has 114 valence electrons. The van der Waals surface area contributed by atoms with E-state index in [2.05, 4.69) is 10.3 Å². The smallest absolute Gasteiger partial charge is 0.348 e. The van der Waals surface area contributed by atoms with Crippen molar-refractivity contribution >= 4 is 5.82 Å². The van der Waals surface area contributed by atoms with E-state index < -0.39 is 12.7 Å².